The maximum Gasteiger partial charge on any atom is 0.416 e. The van der Waals surface area contributed by atoms with Gasteiger partial charge in [-0.25, -0.2) is 0 Å². The van der Waals surface area contributed by atoms with Crippen molar-refractivity contribution in [3.8, 4) is 0 Å². The van der Waals surface area contributed by atoms with Crippen LogP contribution in [0.4, 0.5) is 24.0 Å². The molecular weight excluding hydrogens is 355 g/mol. The first kappa shape index (κ1) is 16.8. The Kier molecular flexibility index (Phi) is 5.06. The zero-order valence-corrected chi connectivity index (χ0v) is 13.9. The largest absolute Gasteiger partial charge is 0.416 e. The van der Waals surface area contributed by atoms with Gasteiger partial charge in [0.2, 0.25) is 10.3 Å². The average molecular weight is 367 g/mol. The fraction of sp³-hybridized carbons (Fsp3) is 0.125. The third kappa shape index (κ3) is 4.48. The van der Waals surface area contributed by atoms with Gasteiger partial charge in [0.1, 0.15) is 0 Å². The SMILES string of the molecule is FC(F)(F)c1cccc(Nc2nc(SCc3ccccc3)ns2)c1. The van der Waals surface area contributed by atoms with E-state index in [1.165, 1.54) is 17.8 Å². The molecule has 0 bridgehead atoms. The van der Waals surface area contributed by atoms with Gasteiger partial charge in [-0.3, -0.25) is 0 Å². The molecule has 3 nitrogen and oxygen atoms in total. The lowest BCUT2D eigenvalue weighted by molar-refractivity contribution is -0.137. The Morgan fingerprint density at radius 2 is 1.83 bits per heavy atom. The molecule has 0 amide bonds. The van der Waals surface area contributed by atoms with E-state index in [0.717, 1.165) is 35.0 Å². The number of hydrogen-bond donors (Lipinski definition) is 1. The molecule has 0 saturated carbocycles. The second-order valence-corrected chi connectivity index (χ2v) is 6.55. The smallest absolute Gasteiger partial charge is 0.330 e. The van der Waals surface area contributed by atoms with Gasteiger partial charge in [-0.2, -0.15) is 22.5 Å². The van der Waals surface area contributed by atoms with Crippen LogP contribution < -0.4 is 5.32 Å². The predicted octanol–water partition coefficient (Wildman–Crippen LogP) is 5.59. The van der Waals surface area contributed by atoms with Crippen molar-refractivity contribution in [2.75, 3.05) is 5.32 Å². The number of alkyl halides is 3. The van der Waals surface area contributed by atoms with Crippen LogP contribution in [0.5, 0.6) is 0 Å². The minimum atomic E-state index is -4.37. The Hall–Kier alpha value is -2.06. The zero-order chi connectivity index (χ0) is 17.0. The van der Waals surface area contributed by atoms with E-state index in [4.69, 9.17) is 0 Å². The number of nitrogens with one attached hydrogen (secondary N) is 1. The average Bonchev–Trinajstić information content (AvgIpc) is 3.01. The number of halogens is 3. The first-order valence-corrected chi connectivity index (χ1v) is 8.71. The van der Waals surface area contributed by atoms with Crippen LogP contribution in [-0.4, -0.2) is 9.36 Å². The van der Waals surface area contributed by atoms with Crippen LogP contribution in [0.2, 0.25) is 0 Å². The normalized spacial score (nSPS) is 11.5. The summed E-state index contributed by atoms with van der Waals surface area (Å²) in [6.07, 6.45) is -4.37. The monoisotopic (exact) mass is 367 g/mol. The molecule has 0 aliphatic rings. The van der Waals surface area contributed by atoms with Crippen LogP contribution in [0.25, 0.3) is 0 Å². The van der Waals surface area contributed by atoms with Crippen LogP contribution in [0.1, 0.15) is 11.1 Å². The van der Waals surface area contributed by atoms with Gasteiger partial charge in [-0.1, -0.05) is 48.2 Å². The first-order valence-electron chi connectivity index (χ1n) is 6.95. The second kappa shape index (κ2) is 7.23. The molecular formula is C16H12F3N3S2. The Balaban J connectivity index is 1.64. The third-order valence-electron chi connectivity index (χ3n) is 3.06. The minimum Gasteiger partial charge on any atom is -0.330 e. The van der Waals surface area contributed by atoms with Gasteiger partial charge in [0, 0.05) is 23.0 Å². The molecule has 0 unspecified atom stereocenters. The summed E-state index contributed by atoms with van der Waals surface area (Å²) in [5.41, 5.74) is 0.793. The summed E-state index contributed by atoms with van der Waals surface area (Å²) in [5.74, 6) is 0.737. The van der Waals surface area contributed by atoms with E-state index in [2.05, 4.69) is 14.7 Å². The highest BCUT2D eigenvalue weighted by molar-refractivity contribution is 7.98. The Labute approximate surface area is 145 Å². The van der Waals surface area contributed by atoms with E-state index in [0.29, 0.717) is 16.0 Å². The predicted molar refractivity (Wildman–Crippen MR) is 90.6 cm³/mol. The van der Waals surface area contributed by atoms with Gasteiger partial charge in [-0.05, 0) is 23.8 Å². The molecule has 1 heterocycles. The van der Waals surface area contributed by atoms with E-state index >= 15 is 0 Å². The Bertz CT molecular complexity index is 804. The second-order valence-electron chi connectivity index (χ2n) is 4.86. The molecule has 3 rings (SSSR count). The molecule has 0 spiro atoms. The molecule has 2 aromatic carbocycles. The quantitative estimate of drug-likeness (QED) is 0.596. The van der Waals surface area contributed by atoms with Crippen molar-refractivity contribution in [3.63, 3.8) is 0 Å². The lowest BCUT2D eigenvalue weighted by Crippen LogP contribution is -2.05. The summed E-state index contributed by atoms with van der Waals surface area (Å²) >= 11 is 2.60. The van der Waals surface area contributed by atoms with Crippen molar-refractivity contribution in [2.45, 2.75) is 17.1 Å². The summed E-state index contributed by atoms with van der Waals surface area (Å²) < 4.78 is 42.4. The fourth-order valence-electron chi connectivity index (χ4n) is 1.94. The van der Waals surface area contributed by atoms with E-state index < -0.39 is 11.7 Å². The molecule has 1 N–H and O–H groups in total. The zero-order valence-electron chi connectivity index (χ0n) is 12.2. The van der Waals surface area contributed by atoms with Gasteiger partial charge < -0.3 is 5.32 Å². The van der Waals surface area contributed by atoms with Gasteiger partial charge in [0.25, 0.3) is 0 Å². The molecule has 0 radical (unpaired) electrons. The van der Waals surface area contributed by atoms with Crippen molar-refractivity contribution >= 4 is 34.1 Å². The van der Waals surface area contributed by atoms with Crippen molar-refractivity contribution in [1.29, 1.82) is 0 Å². The van der Waals surface area contributed by atoms with Crippen LogP contribution in [0.3, 0.4) is 0 Å². The number of nitrogens with zero attached hydrogens (tertiary/aromatic N) is 2. The van der Waals surface area contributed by atoms with Gasteiger partial charge in [-0.15, -0.1) is 0 Å². The minimum absolute atomic E-state index is 0.334. The number of hydrogen-bond acceptors (Lipinski definition) is 5. The highest BCUT2D eigenvalue weighted by Crippen LogP contribution is 2.32. The van der Waals surface area contributed by atoms with Crippen molar-refractivity contribution in [2.24, 2.45) is 0 Å². The number of benzene rings is 2. The summed E-state index contributed by atoms with van der Waals surface area (Å²) in [6, 6.07) is 14.9. The summed E-state index contributed by atoms with van der Waals surface area (Å²) in [6.45, 7) is 0. The van der Waals surface area contributed by atoms with Crippen LogP contribution >= 0.6 is 23.3 Å². The molecule has 0 saturated heterocycles. The Morgan fingerprint density at radius 1 is 1.04 bits per heavy atom. The maximum absolute atomic E-state index is 12.7. The van der Waals surface area contributed by atoms with E-state index in [1.54, 1.807) is 6.07 Å². The lowest BCUT2D eigenvalue weighted by Gasteiger charge is -2.08. The van der Waals surface area contributed by atoms with Gasteiger partial charge >= 0.3 is 6.18 Å². The van der Waals surface area contributed by atoms with Crippen LogP contribution in [0.15, 0.2) is 59.8 Å². The Morgan fingerprint density at radius 3 is 2.58 bits per heavy atom. The van der Waals surface area contributed by atoms with E-state index in [1.807, 2.05) is 30.3 Å². The fourth-order valence-corrected chi connectivity index (χ4v) is 3.46. The highest BCUT2D eigenvalue weighted by atomic mass is 32.2. The molecule has 0 aliphatic carbocycles. The van der Waals surface area contributed by atoms with Crippen molar-refractivity contribution in [3.05, 3.63) is 65.7 Å². The molecule has 0 atom stereocenters. The van der Waals surface area contributed by atoms with Crippen molar-refractivity contribution < 1.29 is 13.2 Å². The molecule has 24 heavy (non-hydrogen) atoms. The third-order valence-corrected chi connectivity index (χ3v) is 4.72. The molecule has 3 aromatic rings. The van der Waals surface area contributed by atoms with Crippen molar-refractivity contribution in [1.82, 2.24) is 9.36 Å². The van der Waals surface area contributed by atoms with Gasteiger partial charge in [0.05, 0.1) is 5.56 Å². The highest BCUT2D eigenvalue weighted by Gasteiger charge is 2.30. The molecule has 8 heteroatoms. The standard InChI is InChI=1S/C16H12F3N3S2/c17-16(18,19)12-7-4-8-13(9-12)20-14-21-15(22-24-14)23-10-11-5-2-1-3-6-11/h1-9H,10H2,(H,20,21,22). The van der Waals surface area contributed by atoms with Crippen LogP contribution in [-0.2, 0) is 11.9 Å². The van der Waals surface area contributed by atoms with Gasteiger partial charge in [0.15, 0.2) is 0 Å². The molecule has 1 aromatic heterocycles. The summed E-state index contributed by atoms with van der Waals surface area (Å²) in [4.78, 5) is 4.29. The lowest BCUT2D eigenvalue weighted by atomic mass is 10.2. The molecule has 0 fully saturated rings. The number of anilines is 2. The molecule has 124 valence electrons. The summed E-state index contributed by atoms with van der Waals surface area (Å²) in [7, 11) is 0. The van der Waals surface area contributed by atoms with E-state index in [-0.39, 0.29) is 0 Å². The number of aromatic nitrogens is 2. The van der Waals surface area contributed by atoms with Crippen LogP contribution in [0, 0.1) is 0 Å². The first-order chi connectivity index (χ1) is 11.5. The summed E-state index contributed by atoms with van der Waals surface area (Å²) in [5, 5.41) is 3.93. The topological polar surface area (TPSA) is 37.8 Å². The van der Waals surface area contributed by atoms with E-state index in [9.17, 15) is 13.2 Å². The number of thioether (sulfide) groups is 1. The molecule has 0 aliphatic heterocycles. The maximum atomic E-state index is 12.7. The number of rotatable bonds is 5.